The lowest BCUT2D eigenvalue weighted by molar-refractivity contribution is 0.527. The van der Waals surface area contributed by atoms with Crippen molar-refractivity contribution in [2.45, 2.75) is 43.5 Å². The predicted molar refractivity (Wildman–Crippen MR) is 72.8 cm³/mol. The van der Waals surface area contributed by atoms with Crippen molar-refractivity contribution >= 4 is 17.6 Å². The molecule has 2 aromatic heterocycles. The van der Waals surface area contributed by atoms with E-state index in [1.807, 2.05) is 19.9 Å². The summed E-state index contributed by atoms with van der Waals surface area (Å²) in [6.07, 6.45) is 1.68. The first-order valence-corrected chi connectivity index (χ1v) is 6.66. The highest BCUT2D eigenvalue weighted by Gasteiger charge is 2.14. The lowest BCUT2D eigenvalue weighted by atomic mass is 10.2. The molecule has 0 radical (unpaired) electrons. The van der Waals surface area contributed by atoms with E-state index >= 15 is 0 Å². The van der Waals surface area contributed by atoms with Crippen molar-refractivity contribution in [3.63, 3.8) is 0 Å². The smallest absolute Gasteiger partial charge is 0.134 e. The van der Waals surface area contributed by atoms with Gasteiger partial charge in [-0.15, -0.1) is 0 Å². The van der Waals surface area contributed by atoms with Gasteiger partial charge in [0.25, 0.3) is 0 Å². The molecule has 0 aliphatic rings. The summed E-state index contributed by atoms with van der Waals surface area (Å²) in [6.45, 7) is 7.99. The van der Waals surface area contributed by atoms with E-state index in [1.165, 1.54) is 0 Å². The normalized spacial score (nSPS) is 11.2. The van der Waals surface area contributed by atoms with Crippen LogP contribution < -0.4 is 5.73 Å². The van der Waals surface area contributed by atoms with Gasteiger partial charge in [0.2, 0.25) is 0 Å². The van der Waals surface area contributed by atoms with Gasteiger partial charge in [-0.05, 0) is 19.9 Å². The number of nitrogen functional groups attached to an aromatic ring is 1. The molecule has 0 saturated carbocycles. The maximum Gasteiger partial charge on any atom is 0.134 e. The predicted octanol–water partition coefficient (Wildman–Crippen LogP) is 3.54. The summed E-state index contributed by atoms with van der Waals surface area (Å²) in [5.41, 5.74) is 6.86. The molecule has 2 aromatic rings. The van der Waals surface area contributed by atoms with Gasteiger partial charge in [-0.2, -0.15) is 0 Å². The number of aryl methyl sites for hydroxylation is 1. The van der Waals surface area contributed by atoms with Crippen molar-refractivity contribution in [1.82, 2.24) is 9.97 Å². The van der Waals surface area contributed by atoms with Crippen LogP contribution in [0.5, 0.6) is 0 Å². The van der Waals surface area contributed by atoms with Crippen LogP contribution in [0, 0.1) is 13.8 Å². The van der Waals surface area contributed by atoms with E-state index in [9.17, 15) is 0 Å². The second kappa shape index (κ2) is 5.02. The topological polar surface area (TPSA) is 64.9 Å². The molecule has 96 valence electrons. The largest absolute Gasteiger partial charge is 0.468 e. The fraction of sp³-hybridized carbons (Fsp3) is 0.385. The minimum absolute atomic E-state index is 0.262. The zero-order valence-corrected chi connectivity index (χ0v) is 11.8. The molecule has 0 aliphatic carbocycles. The van der Waals surface area contributed by atoms with Gasteiger partial charge in [-0.3, -0.25) is 0 Å². The average Bonchev–Trinajstić information content (AvgIpc) is 2.70. The molecule has 0 bridgehead atoms. The number of hydrogen-bond donors (Lipinski definition) is 1. The van der Waals surface area contributed by atoms with Crippen LogP contribution in [-0.2, 0) is 0 Å². The monoisotopic (exact) mass is 263 g/mol. The van der Waals surface area contributed by atoms with E-state index in [4.69, 9.17) is 10.2 Å². The third kappa shape index (κ3) is 2.51. The van der Waals surface area contributed by atoms with Gasteiger partial charge in [-0.25, -0.2) is 9.97 Å². The van der Waals surface area contributed by atoms with Gasteiger partial charge >= 0.3 is 0 Å². The number of anilines is 1. The molecule has 0 saturated heterocycles. The van der Waals surface area contributed by atoms with Crippen LogP contribution in [0.3, 0.4) is 0 Å². The average molecular weight is 263 g/mol. The molecule has 0 aromatic carbocycles. The highest BCUT2D eigenvalue weighted by Crippen LogP contribution is 2.33. The van der Waals surface area contributed by atoms with Gasteiger partial charge in [0.1, 0.15) is 22.4 Å². The van der Waals surface area contributed by atoms with E-state index in [1.54, 1.807) is 18.0 Å². The van der Waals surface area contributed by atoms with E-state index in [0.717, 1.165) is 27.1 Å². The Balaban J connectivity index is 2.41. The third-order valence-corrected chi connectivity index (χ3v) is 3.92. The Kier molecular flexibility index (Phi) is 3.61. The number of hydrogen-bond acceptors (Lipinski definition) is 5. The van der Waals surface area contributed by atoms with Gasteiger partial charge in [0.05, 0.1) is 11.2 Å². The Morgan fingerprint density at radius 2 is 2.00 bits per heavy atom. The summed E-state index contributed by atoms with van der Waals surface area (Å²) >= 11 is 1.57. The minimum atomic E-state index is 0.262. The molecule has 0 spiro atoms. The lowest BCUT2D eigenvalue weighted by Gasteiger charge is -2.11. The van der Waals surface area contributed by atoms with Crippen molar-refractivity contribution in [1.29, 1.82) is 0 Å². The van der Waals surface area contributed by atoms with Crippen molar-refractivity contribution in [2.75, 3.05) is 5.73 Å². The molecule has 18 heavy (non-hydrogen) atoms. The number of nitrogens with zero attached hydrogens (tertiary/aromatic N) is 2. The molecule has 2 rings (SSSR count). The Labute approximate surface area is 111 Å². The lowest BCUT2D eigenvalue weighted by Crippen LogP contribution is -2.05. The standard InChI is InChI=1S/C13H17N3OS/c1-7(2)12-15-11(14)8(3)13(16-12)18-10-5-6-17-9(10)4/h5-7H,1-4H3,(H2,14,15,16). The zero-order chi connectivity index (χ0) is 13.3. The highest BCUT2D eigenvalue weighted by molar-refractivity contribution is 7.99. The summed E-state index contributed by atoms with van der Waals surface area (Å²) < 4.78 is 5.29. The van der Waals surface area contributed by atoms with Gasteiger partial charge in [-0.1, -0.05) is 25.6 Å². The van der Waals surface area contributed by atoms with Crippen LogP contribution in [-0.4, -0.2) is 9.97 Å². The zero-order valence-electron chi connectivity index (χ0n) is 11.0. The maximum atomic E-state index is 5.94. The van der Waals surface area contributed by atoms with Crippen molar-refractivity contribution in [2.24, 2.45) is 0 Å². The fourth-order valence-electron chi connectivity index (χ4n) is 1.47. The van der Waals surface area contributed by atoms with Crippen LogP contribution in [0.25, 0.3) is 0 Å². The molecule has 5 heteroatoms. The van der Waals surface area contributed by atoms with E-state index < -0.39 is 0 Å². The third-order valence-electron chi connectivity index (χ3n) is 2.69. The Morgan fingerprint density at radius 1 is 1.28 bits per heavy atom. The number of rotatable bonds is 3. The second-order valence-corrected chi connectivity index (χ2v) is 5.53. The van der Waals surface area contributed by atoms with Gasteiger partial charge in [0.15, 0.2) is 0 Å². The molecular weight excluding hydrogens is 246 g/mol. The highest BCUT2D eigenvalue weighted by atomic mass is 32.2. The van der Waals surface area contributed by atoms with Gasteiger partial charge < -0.3 is 10.2 Å². The first kappa shape index (κ1) is 13.0. The molecule has 2 N–H and O–H groups in total. The SMILES string of the molecule is Cc1occc1Sc1nc(C(C)C)nc(N)c1C. The van der Waals surface area contributed by atoms with E-state index in [2.05, 4.69) is 23.8 Å². The molecule has 4 nitrogen and oxygen atoms in total. The molecule has 2 heterocycles. The maximum absolute atomic E-state index is 5.94. The summed E-state index contributed by atoms with van der Waals surface area (Å²) in [4.78, 5) is 9.95. The van der Waals surface area contributed by atoms with Crippen molar-refractivity contribution < 1.29 is 4.42 Å². The Morgan fingerprint density at radius 3 is 2.56 bits per heavy atom. The van der Waals surface area contributed by atoms with Crippen LogP contribution >= 0.6 is 11.8 Å². The minimum Gasteiger partial charge on any atom is -0.468 e. The molecule has 0 atom stereocenters. The Bertz CT molecular complexity index is 563. The molecule has 0 aliphatic heterocycles. The van der Waals surface area contributed by atoms with Crippen molar-refractivity contribution in [3.05, 3.63) is 29.5 Å². The summed E-state index contributed by atoms with van der Waals surface area (Å²) in [7, 11) is 0. The Hall–Kier alpha value is -1.49. The molecule has 0 amide bonds. The van der Waals surface area contributed by atoms with E-state index in [0.29, 0.717) is 5.82 Å². The molecule has 0 fully saturated rings. The van der Waals surface area contributed by atoms with E-state index in [-0.39, 0.29) is 5.92 Å². The number of nitrogens with two attached hydrogens (primary N) is 1. The second-order valence-electron chi connectivity index (χ2n) is 4.49. The van der Waals surface area contributed by atoms with Crippen molar-refractivity contribution in [3.8, 4) is 0 Å². The molecule has 0 unspecified atom stereocenters. The summed E-state index contributed by atoms with van der Waals surface area (Å²) in [5, 5.41) is 0.899. The molecular formula is C13H17N3OS. The first-order valence-electron chi connectivity index (χ1n) is 5.85. The van der Waals surface area contributed by atoms with Gasteiger partial charge in [0, 0.05) is 11.5 Å². The van der Waals surface area contributed by atoms with Crippen LogP contribution in [0.2, 0.25) is 0 Å². The summed E-state index contributed by atoms with van der Waals surface area (Å²) in [6, 6.07) is 1.94. The van der Waals surface area contributed by atoms with Crippen LogP contribution in [0.15, 0.2) is 26.7 Å². The summed E-state index contributed by atoms with van der Waals surface area (Å²) in [5.74, 6) is 2.49. The van der Waals surface area contributed by atoms with Crippen LogP contribution in [0.4, 0.5) is 5.82 Å². The first-order chi connectivity index (χ1) is 8.49. The number of furan rings is 1. The quantitative estimate of drug-likeness (QED) is 0.858. The fourth-order valence-corrected chi connectivity index (χ4v) is 2.39. The number of aromatic nitrogens is 2. The van der Waals surface area contributed by atoms with Crippen LogP contribution in [0.1, 0.15) is 36.9 Å².